The summed E-state index contributed by atoms with van der Waals surface area (Å²) in [5.41, 5.74) is 2.83. The quantitative estimate of drug-likeness (QED) is 0.480. The van der Waals surface area contributed by atoms with E-state index in [4.69, 9.17) is 4.74 Å². The normalized spacial score (nSPS) is 14.8. The molecule has 5 heteroatoms. The van der Waals surface area contributed by atoms with Gasteiger partial charge in [-0.2, -0.15) is 0 Å². The maximum Gasteiger partial charge on any atom is 0.339 e. The average Bonchev–Trinajstić information content (AvgIpc) is 3.13. The Kier molecular flexibility index (Phi) is 5.44. The van der Waals surface area contributed by atoms with Crippen molar-refractivity contribution in [2.24, 2.45) is 0 Å². The van der Waals surface area contributed by atoms with E-state index in [1.54, 1.807) is 47.4 Å². The first-order chi connectivity index (χ1) is 14.6. The smallest absolute Gasteiger partial charge is 0.339 e. The van der Waals surface area contributed by atoms with Gasteiger partial charge in [0, 0.05) is 22.9 Å². The van der Waals surface area contributed by atoms with Gasteiger partial charge < -0.3 is 9.64 Å². The van der Waals surface area contributed by atoms with Gasteiger partial charge in [-0.05, 0) is 31.0 Å². The fourth-order valence-electron chi connectivity index (χ4n) is 3.82. The minimum Gasteiger partial charge on any atom is -0.452 e. The second kappa shape index (κ2) is 8.33. The number of amides is 1. The predicted octanol–water partition coefficient (Wildman–Crippen LogP) is 4.05. The number of rotatable bonds is 5. The van der Waals surface area contributed by atoms with E-state index in [-0.39, 0.29) is 35.5 Å². The highest BCUT2D eigenvalue weighted by Gasteiger charge is 2.31. The Morgan fingerprint density at radius 3 is 2.27 bits per heavy atom. The summed E-state index contributed by atoms with van der Waals surface area (Å²) in [4.78, 5) is 40.0. The van der Waals surface area contributed by atoms with Gasteiger partial charge in [-0.25, -0.2) is 4.79 Å². The molecule has 0 unspecified atom stereocenters. The number of nitrogens with zero attached hydrogens (tertiary/aromatic N) is 1. The highest BCUT2D eigenvalue weighted by molar-refractivity contribution is 6.14. The molecule has 1 aliphatic heterocycles. The van der Waals surface area contributed by atoms with Crippen LogP contribution >= 0.6 is 0 Å². The number of benzene rings is 3. The number of ketones is 1. The molecule has 1 amide bonds. The number of carbonyl (C=O) groups is 3. The standard InChI is InChI=1S/C25H21NO4/c1-17-15-19-11-5-8-14-22(19)26(17)23(27)16-30-25(29)21-13-7-6-12-20(21)24(28)18-9-3-2-4-10-18/h2-14,17H,15-16H2,1H3/t17-/m0/s1. The van der Waals surface area contributed by atoms with Crippen LogP contribution in [0.4, 0.5) is 5.69 Å². The number of fused-ring (bicyclic) bond motifs is 1. The molecule has 30 heavy (non-hydrogen) atoms. The molecular formula is C25H21NO4. The summed E-state index contributed by atoms with van der Waals surface area (Å²) in [7, 11) is 0. The lowest BCUT2D eigenvalue weighted by Crippen LogP contribution is -2.38. The Hall–Kier alpha value is -3.73. The second-order valence-electron chi connectivity index (χ2n) is 7.26. The molecule has 0 bridgehead atoms. The van der Waals surface area contributed by atoms with Crippen LogP contribution < -0.4 is 4.90 Å². The van der Waals surface area contributed by atoms with Crippen LogP contribution in [0.1, 0.15) is 38.8 Å². The summed E-state index contributed by atoms with van der Waals surface area (Å²) in [5.74, 6) is -1.24. The summed E-state index contributed by atoms with van der Waals surface area (Å²) in [6.45, 7) is 1.58. The Morgan fingerprint density at radius 2 is 1.50 bits per heavy atom. The van der Waals surface area contributed by atoms with Crippen LogP contribution in [0.3, 0.4) is 0 Å². The number of carbonyl (C=O) groups excluding carboxylic acids is 3. The van der Waals surface area contributed by atoms with Gasteiger partial charge in [-0.15, -0.1) is 0 Å². The highest BCUT2D eigenvalue weighted by Crippen LogP contribution is 2.31. The first-order valence-electron chi connectivity index (χ1n) is 9.82. The average molecular weight is 399 g/mol. The van der Waals surface area contributed by atoms with Gasteiger partial charge in [0.1, 0.15) is 0 Å². The third kappa shape index (κ3) is 3.74. The van der Waals surface area contributed by atoms with Gasteiger partial charge in [0.15, 0.2) is 12.4 Å². The number of ether oxygens (including phenoxy) is 1. The van der Waals surface area contributed by atoms with Crippen LogP contribution in [0.15, 0.2) is 78.9 Å². The maximum atomic E-state index is 12.8. The number of anilines is 1. The third-order valence-corrected chi connectivity index (χ3v) is 5.23. The lowest BCUT2D eigenvalue weighted by atomic mass is 9.98. The van der Waals surface area contributed by atoms with Crippen molar-refractivity contribution in [2.75, 3.05) is 11.5 Å². The number of hydrogen-bond acceptors (Lipinski definition) is 4. The maximum absolute atomic E-state index is 12.8. The predicted molar refractivity (Wildman–Crippen MR) is 114 cm³/mol. The summed E-state index contributed by atoms with van der Waals surface area (Å²) in [6.07, 6.45) is 0.768. The van der Waals surface area contributed by atoms with Gasteiger partial charge >= 0.3 is 5.97 Å². The zero-order valence-corrected chi connectivity index (χ0v) is 16.6. The monoisotopic (exact) mass is 399 g/mol. The van der Waals surface area contributed by atoms with Crippen molar-refractivity contribution in [3.63, 3.8) is 0 Å². The van der Waals surface area contributed by atoms with E-state index in [1.807, 2.05) is 37.3 Å². The molecule has 5 nitrogen and oxygen atoms in total. The highest BCUT2D eigenvalue weighted by atomic mass is 16.5. The molecule has 150 valence electrons. The van der Waals surface area contributed by atoms with Crippen molar-refractivity contribution in [1.82, 2.24) is 0 Å². The molecule has 0 aliphatic carbocycles. The largest absolute Gasteiger partial charge is 0.452 e. The van der Waals surface area contributed by atoms with Crippen LogP contribution in [0.2, 0.25) is 0 Å². The van der Waals surface area contributed by atoms with Crippen LogP contribution in [-0.2, 0) is 16.0 Å². The summed E-state index contributed by atoms with van der Waals surface area (Å²) in [5, 5.41) is 0. The molecule has 0 spiro atoms. The molecule has 1 aliphatic rings. The SMILES string of the molecule is C[C@H]1Cc2ccccc2N1C(=O)COC(=O)c1ccccc1C(=O)c1ccccc1. The minimum absolute atomic E-state index is 0.000506. The molecule has 0 N–H and O–H groups in total. The zero-order valence-electron chi connectivity index (χ0n) is 16.6. The van der Waals surface area contributed by atoms with Gasteiger partial charge in [-0.3, -0.25) is 9.59 Å². The van der Waals surface area contributed by atoms with Crippen molar-refractivity contribution < 1.29 is 19.1 Å². The van der Waals surface area contributed by atoms with Crippen molar-refractivity contribution >= 4 is 23.3 Å². The van der Waals surface area contributed by atoms with Gasteiger partial charge in [0.25, 0.3) is 5.91 Å². The number of para-hydroxylation sites is 1. The number of esters is 1. The minimum atomic E-state index is -0.691. The second-order valence-corrected chi connectivity index (χ2v) is 7.26. The van der Waals surface area contributed by atoms with E-state index in [2.05, 4.69) is 0 Å². The van der Waals surface area contributed by atoms with Crippen LogP contribution in [0.25, 0.3) is 0 Å². The van der Waals surface area contributed by atoms with Crippen LogP contribution in [0.5, 0.6) is 0 Å². The fourth-order valence-corrected chi connectivity index (χ4v) is 3.82. The van der Waals surface area contributed by atoms with E-state index < -0.39 is 5.97 Å². The van der Waals surface area contributed by atoms with Gasteiger partial charge in [0.05, 0.1) is 5.56 Å². The van der Waals surface area contributed by atoms with Crippen molar-refractivity contribution in [3.8, 4) is 0 Å². The zero-order chi connectivity index (χ0) is 21.1. The third-order valence-electron chi connectivity index (χ3n) is 5.23. The lowest BCUT2D eigenvalue weighted by Gasteiger charge is -2.22. The van der Waals surface area contributed by atoms with Crippen LogP contribution in [-0.4, -0.2) is 30.3 Å². The molecule has 0 saturated carbocycles. The number of hydrogen-bond donors (Lipinski definition) is 0. The van der Waals surface area contributed by atoms with E-state index in [1.165, 1.54) is 6.07 Å². The van der Waals surface area contributed by atoms with E-state index in [9.17, 15) is 14.4 Å². The van der Waals surface area contributed by atoms with Crippen molar-refractivity contribution in [3.05, 3.63) is 101 Å². The summed E-state index contributed by atoms with van der Waals surface area (Å²) >= 11 is 0. The van der Waals surface area contributed by atoms with Crippen LogP contribution in [0, 0.1) is 0 Å². The molecule has 0 fully saturated rings. The van der Waals surface area contributed by atoms with Crippen molar-refractivity contribution in [1.29, 1.82) is 0 Å². The molecule has 3 aromatic rings. The molecular weight excluding hydrogens is 378 g/mol. The van der Waals surface area contributed by atoms with E-state index in [0.29, 0.717) is 5.56 Å². The van der Waals surface area contributed by atoms with Gasteiger partial charge in [0.2, 0.25) is 0 Å². The Balaban J connectivity index is 1.49. The first kappa shape index (κ1) is 19.6. The Morgan fingerprint density at radius 1 is 0.867 bits per heavy atom. The molecule has 0 radical (unpaired) electrons. The lowest BCUT2D eigenvalue weighted by molar-refractivity contribution is -0.122. The molecule has 3 aromatic carbocycles. The molecule has 1 heterocycles. The summed E-state index contributed by atoms with van der Waals surface area (Å²) < 4.78 is 5.31. The van der Waals surface area contributed by atoms with Crippen molar-refractivity contribution in [2.45, 2.75) is 19.4 Å². The molecule has 0 aromatic heterocycles. The van der Waals surface area contributed by atoms with E-state index >= 15 is 0 Å². The molecule has 4 rings (SSSR count). The first-order valence-corrected chi connectivity index (χ1v) is 9.82. The summed E-state index contributed by atoms with van der Waals surface area (Å²) in [6, 6.07) is 23.0. The topological polar surface area (TPSA) is 63.7 Å². The fraction of sp³-hybridized carbons (Fsp3) is 0.160. The molecule has 0 saturated heterocycles. The molecule has 1 atom stereocenters. The Labute approximate surface area is 174 Å². The van der Waals surface area contributed by atoms with E-state index in [0.717, 1.165) is 17.7 Å². The van der Waals surface area contributed by atoms with Gasteiger partial charge in [-0.1, -0.05) is 66.7 Å². The Bertz CT molecular complexity index is 1110.